The van der Waals surface area contributed by atoms with Gasteiger partial charge in [0.2, 0.25) is 5.91 Å². The van der Waals surface area contributed by atoms with Gasteiger partial charge in [-0.1, -0.05) is 0 Å². The van der Waals surface area contributed by atoms with E-state index in [1.54, 1.807) is 6.20 Å². The summed E-state index contributed by atoms with van der Waals surface area (Å²) in [4.78, 5) is 18.9. The molecule has 0 fully saturated rings. The van der Waals surface area contributed by atoms with Gasteiger partial charge in [0, 0.05) is 30.4 Å². The predicted molar refractivity (Wildman–Crippen MR) is 66.5 cm³/mol. The zero-order valence-corrected chi connectivity index (χ0v) is 9.73. The largest absolute Gasteiger partial charge is 0.352 e. The summed E-state index contributed by atoms with van der Waals surface area (Å²) in [5, 5.41) is 3.82. The first-order valence-corrected chi connectivity index (χ1v) is 5.61. The first-order valence-electron chi connectivity index (χ1n) is 5.61. The Kier molecular flexibility index (Phi) is 3.39. The van der Waals surface area contributed by atoms with Crippen LogP contribution >= 0.6 is 0 Å². The summed E-state index contributed by atoms with van der Waals surface area (Å²) >= 11 is 0. The number of nitrogens with one attached hydrogen (secondary N) is 2. The molecule has 2 heterocycles. The maximum Gasteiger partial charge on any atom is 0.224 e. The summed E-state index contributed by atoms with van der Waals surface area (Å²) in [6.45, 7) is 2.33. The SMILES string of the molecule is C[C@@H](CN)NC(=O)Cc1c[nH]c2ncccc12. The predicted octanol–water partition coefficient (Wildman–Crippen LogP) is 0.569. The fourth-order valence-electron chi connectivity index (χ4n) is 1.72. The Hall–Kier alpha value is -1.88. The van der Waals surface area contributed by atoms with E-state index in [0.29, 0.717) is 13.0 Å². The third kappa shape index (κ3) is 2.62. The molecule has 5 nitrogen and oxygen atoms in total. The van der Waals surface area contributed by atoms with Crippen LogP contribution in [0.1, 0.15) is 12.5 Å². The lowest BCUT2D eigenvalue weighted by Gasteiger charge is -2.10. The fraction of sp³-hybridized carbons (Fsp3) is 0.333. The number of pyridine rings is 1. The summed E-state index contributed by atoms with van der Waals surface area (Å²) in [6.07, 6.45) is 3.89. The number of fused-ring (bicyclic) bond motifs is 1. The molecule has 0 aliphatic carbocycles. The maximum atomic E-state index is 11.7. The zero-order valence-electron chi connectivity index (χ0n) is 9.73. The average Bonchev–Trinajstić information content (AvgIpc) is 2.72. The number of nitrogens with zero attached hydrogens (tertiary/aromatic N) is 1. The first-order chi connectivity index (χ1) is 8.20. The second kappa shape index (κ2) is 4.97. The number of amides is 1. The van der Waals surface area contributed by atoms with Crippen LogP contribution in [0.15, 0.2) is 24.5 Å². The van der Waals surface area contributed by atoms with Crippen LogP contribution in [0.5, 0.6) is 0 Å². The van der Waals surface area contributed by atoms with Crippen LogP contribution in [-0.4, -0.2) is 28.5 Å². The van der Waals surface area contributed by atoms with Crippen molar-refractivity contribution in [2.24, 2.45) is 5.73 Å². The van der Waals surface area contributed by atoms with Crippen LogP contribution in [0.4, 0.5) is 0 Å². The van der Waals surface area contributed by atoms with Crippen molar-refractivity contribution in [2.75, 3.05) is 6.54 Å². The van der Waals surface area contributed by atoms with Crippen molar-refractivity contribution in [3.05, 3.63) is 30.1 Å². The van der Waals surface area contributed by atoms with Crippen molar-refractivity contribution in [1.29, 1.82) is 0 Å². The second-order valence-electron chi connectivity index (χ2n) is 4.09. The van der Waals surface area contributed by atoms with Gasteiger partial charge in [-0.15, -0.1) is 0 Å². The van der Waals surface area contributed by atoms with Gasteiger partial charge in [-0.25, -0.2) is 4.98 Å². The molecule has 0 bridgehead atoms. The van der Waals surface area contributed by atoms with Crippen LogP contribution in [0.2, 0.25) is 0 Å². The van der Waals surface area contributed by atoms with E-state index in [2.05, 4.69) is 15.3 Å². The van der Waals surface area contributed by atoms with Gasteiger partial charge in [-0.05, 0) is 24.6 Å². The van der Waals surface area contributed by atoms with Gasteiger partial charge in [-0.2, -0.15) is 0 Å². The van der Waals surface area contributed by atoms with Crippen molar-refractivity contribution < 1.29 is 4.79 Å². The highest BCUT2D eigenvalue weighted by atomic mass is 16.1. The molecule has 0 aromatic carbocycles. The van der Waals surface area contributed by atoms with Crippen LogP contribution in [0.3, 0.4) is 0 Å². The minimum absolute atomic E-state index is 0.00540. The normalized spacial score (nSPS) is 12.6. The molecule has 0 spiro atoms. The fourth-order valence-corrected chi connectivity index (χ4v) is 1.72. The highest BCUT2D eigenvalue weighted by Gasteiger charge is 2.10. The number of nitrogens with two attached hydrogens (primary N) is 1. The molecule has 5 heteroatoms. The van der Waals surface area contributed by atoms with E-state index >= 15 is 0 Å². The Bertz CT molecular complexity index is 520. The number of rotatable bonds is 4. The number of H-pyrrole nitrogens is 1. The van der Waals surface area contributed by atoms with E-state index in [-0.39, 0.29) is 11.9 Å². The van der Waals surface area contributed by atoms with Gasteiger partial charge in [0.1, 0.15) is 5.65 Å². The van der Waals surface area contributed by atoms with Crippen LogP contribution in [-0.2, 0) is 11.2 Å². The Morgan fingerprint density at radius 2 is 2.47 bits per heavy atom. The quantitative estimate of drug-likeness (QED) is 0.720. The molecule has 2 aromatic rings. The molecular formula is C12H16N4O. The zero-order chi connectivity index (χ0) is 12.3. The van der Waals surface area contributed by atoms with Crippen molar-refractivity contribution in [3.63, 3.8) is 0 Å². The van der Waals surface area contributed by atoms with E-state index in [1.165, 1.54) is 0 Å². The Labute approximate surface area is 99.4 Å². The molecule has 0 aliphatic rings. The molecule has 1 amide bonds. The monoisotopic (exact) mass is 232 g/mol. The second-order valence-corrected chi connectivity index (χ2v) is 4.09. The average molecular weight is 232 g/mol. The molecular weight excluding hydrogens is 216 g/mol. The Morgan fingerprint density at radius 3 is 3.24 bits per heavy atom. The number of aromatic amines is 1. The summed E-state index contributed by atoms with van der Waals surface area (Å²) in [5.41, 5.74) is 7.21. The lowest BCUT2D eigenvalue weighted by Crippen LogP contribution is -2.38. The molecule has 0 saturated heterocycles. The smallest absolute Gasteiger partial charge is 0.224 e. The molecule has 0 aliphatic heterocycles. The molecule has 4 N–H and O–H groups in total. The molecule has 0 unspecified atom stereocenters. The topological polar surface area (TPSA) is 83.8 Å². The summed E-state index contributed by atoms with van der Waals surface area (Å²) < 4.78 is 0. The minimum atomic E-state index is -0.0206. The number of carbonyl (C=O) groups excluding carboxylic acids is 1. The minimum Gasteiger partial charge on any atom is -0.352 e. The van der Waals surface area contributed by atoms with Gasteiger partial charge in [0.15, 0.2) is 0 Å². The van der Waals surface area contributed by atoms with E-state index in [0.717, 1.165) is 16.6 Å². The number of hydrogen-bond donors (Lipinski definition) is 3. The molecule has 90 valence electrons. The summed E-state index contributed by atoms with van der Waals surface area (Å²) in [5.74, 6) is -0.0206. The van der Waals surface area contributed by atoms with Gasteiger partial charge in [0.25, 0.3) is 0 Å². The van der Waals surface area contributed by atoms with Gasteiger partial charge >= 0.3 is 0 Å². The highest BCUT2D eigenvalue weighted by molar-refractivity contribution is 5.87. The van der Waals surface area contributed by atoms with E-state index in [4.69, 9.17) is 5.73 Å². The summed E-state index contributed by atoms with van der Waals surface area (Å²) in [7, 11) is 0. The maximum absolute atomic E-state index is 11.7. The summed E-state index contributed by atoms with van der Waals surface area (Å²) in [6, 6.07) is 3.82. The number of hydrogen-bond acceptors (Lipinski definition) is 3. The van der Waals surface area contributed by atoms with Crippen molar-refractivity contribution in [2.45, 2.75) is 19.4 Å². The van der Waals surface area contributed by atoms with Gasteiger partial charge in [0.05, 0.1) is 6.42 Å². The Morgan fingerprint density at radius 1 is 1.65 bits per heavy atom. The third-order valence-corrected chi connectivity index (χ3v) is 2.65. The molecule has 2 aromatic heterocycles. The lowest BCUT2D eigenvalue weighted by molar-refractivity contribution is -0.120. The van der Waals surface area contributed by atoms with E-state index in [9.17, 15) is 4.79 Å². The standard InChI is InChI=1S/C12H16N4O/c1-8(6-13)16-11(17)5-9-7-15-12-10(9)3-2-4-14-12/h2-4,7-8H,5-6,13H2,1H3,(H,14,15)(H,16,17)/t8-/m0/s1. The third-order valence-electron chi connectivity index (χ3n) is 2.65. The van der Waals surface area contributed by atoms with Crippen molar-refractivity contribution in [3.8, 4) is 0 Å². The van der Waals surface area contributed by atoms with Gasteiger partial charge < -0.3 is 16.0 Å². The first kappa shape index (κ1) is 11.6. The van der Waals surface area contributed by atoms with E-state index in [1.807, 2.05) is 25.3 Å². The lowest BCUT2D eigenvalue weighted by atomic mass is 10.1. The molecule has 0 radical (unpaired) electrons. The molecule has 17 heavy (non-hydrogen) atoms. The van der Waals surface area contributed by atoms with Crippen molar-refractivity contribution >= 4 is 16.9 Å². The van der Waals surface area contributed by atoms with E-state index < -0.39 is 0 Å². The number of aromatic nitrogens is 2. The molecule has 0 saturated carbocycles. The highest BCUT2D eigenvalue weighted by Crippen LogP contribution is 2.15. The van der Waals surface area contributed by atoms with Crippen LogP contribution in [0.25, 0.3) is 11.0 Å². The van der Waals surface area contributed by atoms with Gasteiger partial charge in [-0.3, -0.25) is 4.79 Å². The van der Waals surface area contributed by atoms with Crippen LogP contribution < -0.4 is 11.1 Å². The van der Waals surface area contributed by atoms with Crippen LogP contribution in [0, 0.1) is 0 Å². The van der Waals surface area contributed by atoms with Crippen molar-refractivity contribution in [1.82, 2.24) is 15.3 Å². The molecule has 2 rings (SSSR count). The number of carbonyl (C=O) groups is 1. The Balaban J connectivity index is 2.11. The molecule has 1 atom stereocenters.